The minimum Gasteiger partial charge on any atom is -0.394 e. The molecule has 0 saturated heterocycles. The number of allylic oxidation sites excluding steroid dienone is 6. The Morgan fingerprint density at radius 3 is 1.11 bits per heavy atom. The highest BCUT2D eigenvalue weighted by atomic mass is 16.3. The van der Waals surface area contributed by atoms with Crippen LogP contribution in [0.15, 0.2) is 36.5 Å². The average Bonchev–Trinajstić information content (AvgIpc) is 3.22. The van der Waals surface area contributed by atoms with Gasteiger partial charge >= 0.3 is 0 Å². The second-order valence-corrected chi connectivity index (χ2v) is 17.1. The predicted octanol–water partition coefficient (Wildman–Crippen LogP) is 13.7. The number of hydrogen-bond donors (Lipinski definition) is 5. The third-order valence-electron chi connectivity index (χ3n) is 11.5. The number of nitrogens with one attached hydrogen (secondary N) is 1. The average molecular weight is 804 g/mol. The molecule has 6 heteroatoms. The van der Waals surface area contributed by atoms with Gasteiger partial charge in [-0.05, 0) is 57.8 Å². The molecule has 0 radical (unpaired) electrons. The Kier molecular flexibility index (Phi) is 44.4. The zero-order valence-electron chi connectivity index (χ0n) is 37.8. The van der Waals surface area contributed by atoms with Gasteiger partial charge in [0.1, 0.15) is 12.2 Å². The molecule has 4 atom stereocenters. The van der Waals surface area contributed by atoms with E-state index in [1.54, 1.807) is 0 Å². The van der Waals surface area contributed by atoms with E-state index in [-0.39, 0.29) is 0 Å². The molecule has 57 heavy (non-hydrogen) atoms. The normalized spacial score (nSPS) is 14.3. The molecule has 0 aromatic heterocycles. The molecule has 0 bridgehead atoms. The quantitative estimate of drug-likeness (QED) is 0.0311. The van der Waals surface area contributed by atoms with Gasteiger partial charge in [-0.3, -0.25) is 4.79 Å². The molecule has 0 heterocycles. The third kappa shape index (κ3) is 39.7. The van der Waals surface area contributed by atoms with Crippen LogP contribution in [0.3, 0.4) is 0 Å². The van der Waals surface area contributed by atoms with Gasteiger partial charge in [0, 0.05) is 0 Å². The molecule has 0 aliphatic heterocycles. The van der Waals surface area contributed by atoms with Gasteiger partial charge in [0.2, 0.25) is 5.91 Å². The van der Waals surface area contributed by atoms with Gasteiger partial charge < -0.3 is 25.7 Å². The second-order valence-electron chi connectivity index (χ2n) is 17.1. The van der Waals surface area contributed by atoms with Crippen molar-refractivity contribution in [2.24, 2.45) is 0 Å². The molecule has 0 saturated carbocycles. The minimum atomic E-state index is -1.29. The summed E-state index contributed by atoms with van der Waals surface area (Å²) in [7, 11) is 0. The highest BCUT2D eigenvalue weighted by Crippen LogP contribution is 2.17. The van der Waals surface area contributed by atoms with Crippen LogP contribution < -0.4 is 5.32 Å². The van der Waals surface area contributed by atoms with Gasteiger partial charge in [-0.1, -0.05) is 230 Å². The van der Waals surface area contributed by atoms with Gasteiger partial charge in [-0.2, -0.15) is 0 Å². The number of aliphatic hydroxyl groups excluding tert-OH is 4. The van der Waals surface area contributed by atoms with Crippen LogP contribution >= 0.6 is 0 Å². The van der Waals surface area contributed by atoms with Crippen LogP contribution in [-0.4, -0.2) is 57.3 Å². The summed E-state index contributed by atoms with van der Waals surface area (Å²) < 4.78 is 0. The Morgan fingerprint density at radius 2 is 0.754 bits per heavy atom. The van der Waals surface area contributed by atoms with Crippen molar-refractivity contribution in [2.45, 2.75) is 276 Å². The van der Waals surface area contributed by atoms with Crippen LogP contribution in [0.2, 0.25) is 0 Å². The summed E-state index contributed by atoms with van der Waals surface area (Å²) in [4.78, 5) is 12.5. The number of amides is 1. The topological polar surface area (TPSA) is 110 Å². The first-order chi connectivity index (χ1) is 28.0. The molecular weight excluding hydrogens is 707 g/mol. The maximum atomic E-state index is 12.5. The summed E-state index contributed by atoms with van der Waals surface area (Å²) in [5.41, 5.74) is 0. The summed E-state index contributed by atoms with van der Waals surface area (Å²) in [5.74, 6) is -0.597. The number of unbranched alkanes of at least 4 members (excludes halogenated alkanes) is 30. The fourth-order valence-corrected chi connectivity index (χ4v) is 7.62. The summed E-state index contributed by atoms with van der Waals surface area (Å²) in [5, 5.41) is 43.7. The standard InChI is InChI=1S/C51H97NO5/c1-3-5-7-9-11-13-15-17-19-20-21-22-23-24-25-26-27-28-29-30-31-33-35-37-39-41-43-45-49(55)51(57)52-47(46-53)50(56)48(54)44-42-40-38-36-34-32-18-16-14-12-10-8-6-4-2/h8,10,16,18,36,38,47-50,53-56H,3-7,9,11-15,17,19-35,37,39-46H2,1-2H3,(H,52,57)/b10-8+,18-16+,38-36+. The van der Waals surface area contributed by atoms with Crippen LogP contribution in [0.5, 0.6) is 0 Å². The Hall–Kier alpha value is -1.47. The summed E-state index contributed by atoms with van der Waals surface area (Å²) >= 11 is 0. The lowest BCUT2D eigenvalue weighted by molar-refractivity contribution is -0.132. The van der Waals surface area contributed by atoms with E-state index in [4.69, 9.17) is 0 Å². The fourth-order valence-electron chi connectivity index (χ4n) is 7.62. The molecule has 0 fully saturated rings. The number of hydrogen-bond acceptors (Lipinski definition) is 5. The molecule has 0 aliphatic carbocycles. The highest BCUT2D eigenvalue weighted by Gasteiger charge is 2.28. The fraction of sp³-hybridized carbons (Fsp3) is 0.863. The number of aliphatic hydroxyl groups is 4. The van der Waals surface area contributed by atoms with Crippen molar-refractivity contribution in [1.82, 2.24) is 5.32 Å². The van der Waals surface area contributed by atoms with E-state index >= 15 is 0 Å². The van der Waals surface area contributed by atoms with Crippen LogP contribution in [0.25, 0.3) is 0 Å². The van der Waals surface area contributed by atoms with Crippen LogP contribution in [0.1, 0.15) is 251 Å². The number of carbonyl (C=O) groups excluding carboxylic acids is 1. The summed E-state index contributed by atoms with van der Waals surface area (Å²) in [6, 6.07) is -1.01. The lowest BCUT2D eigenvalue weighted by Gasteiger charge is -2.27. The van der Waals surface area contributed by atoms with Crippen LogP contribution in [-0.2, 0) is 4.79 Å². The maximum Gasteiger partial charge on any atom is 0.249 e. The van der Waals surface area contributed by atoms with E-state index in [2.05, 4.69) is 55.6 Å². The van der Waals surface area contributed by atoms with E-state index in [1.807, 2.05) is 0 Å². The van der Waals surface area contributed by atoms with E-state index in [0.29, 0.717) is 19.3 Å². The van der Waals surface area contributed by atoms with E-state index in [0.717, 1.165) is 57.8 Å². The second kappa shape index (κ2) is 45.6. The van der Waals surface area contributed by atoms with E-state index < -0.39 is 36.9 Å². The predicted molar refractivity (Wildman–Crippen MR) is 247 cm³/mol. The van der Waals surface area contributed by atoms with Crippen molar-refractivity contribution in [3.8, 4) is 0 Å². The lowest BCUT2D eigenvalue weighted by atomic mass is 10.00. The first-order valence-corrected chi connectivity index (χ1v) is 24.9. The van der Waals surface area contributed by atoms with Gasteiger partial charge in [0.05, 0.1) is 18.8 Å². The summed E-state index contributed by atoms with van der Waals surface area (Å²) in [6.07, 6.45) is 54.9. The zero-order valence-corrected chi connectivity index (χ0v) is 37.8. The molecule has 0 aliphatic rings. The SMILES string of the molecule is CCC/C=C/CC/C=C/CC/C=C/CCCC(O)C(O)C(CO)NC(=O)C(O)CCCCCCCCCCCCCCCCCCCCCCCCCCCCC. The Morgan fingerprint density at radius 1 is 0.421 bits per heavy atom. The van der Waals surface area contributed by atoms with Crippen molar-refractivity contribution in [1.29, 1.82) is 0 Å². The van der Waals surface area contributed by atoms with Crippen molar-refractivity contribution >= 4 is 5.91 Å². The molecule has 0 aromatic carbocycles. The van der Waals surface area contributed by atoms with Gasteiger partial charge in [-0.25, -0.2) is 0 Å². The van der Waals surface area contributed by atoms with Crippen molar-refractivity contribution in [2.75, 3.05) is 6.61 Å². The first kappa shape index (κ1) is 55.5. The molecule has 0 aromatic rings. The zero-order chi connectivity index (χ0) is 41.7. The van der Waals surface area contributed by atoms with Crippen molar-refractivity contribution in [3.63, 3.8) is 0 Å². The molecule has 4 unspecified atom stereocenters. The summed E-state index contributed by atoms with van der Waals surface area (Å²) in [6.45, 7) is 3.98. The van der Waals surface area contributed by atoms with Crippen LogP contribution in [0, 0.1) is 0 Å². The molecule has 1 amide bonds. The van der Waals surface area contributed by atoms with E-state index in [9.17, 15) is 25.2 Å². The van der Waals surface area contributed by atoms with E-state index in [1.165, 1.54) is 161 Å². The van der Waals surface area contributed by atoms with Gasteiger partial charge in [0.25, 0.3) is 0 Å². The Balaban J connectivity index is 3.64. The van der Waals surface area contributed by atoms with Crippen molar-refractivity contribution in [3.05, 3.63) is 36.5 Å². The molecule has 336 valence electrons. The smallest absolute Gasteiger partial charge is 0.249 e. The first-order valence-electron chi connectivity index (χ1n) is 24.9. The minimum absolute atomic E-state index is 0.362. The third-order valence-corrected chi connectivity index (χ3v) is 11.5. The molecule has 0 spiro atoms. The van der Waals surface area contributed by atoms with Crippen molar-refractivity contribution < 1.29 is 25.2 Å². The number of rotatable bonds is 45. The maximum absolute atomic E-state index is 12.5. The van der Waals surface area contributed by atoms with Crippen LogP contribution in [0.4, 0.5) is 0 Å². The highest BCUT2D eigenvalue weighted by molar-refractivity contribution is 5.80. The molecule has 5 N–H and O–H groups in total. The Bertz CT molecular complexity index is 904. The van der Waals surface area contributed by atoms with Gasteiger partial charge in [0.15, 0.2) is 0 Å². The monoisotopic (exact) mass is 804 g/mol. The largest absolute Gasteiger partial charge is 0.394 e. The Labute approximate surface area is 354 Å². The lowest BCUT2D eigenvalue weighted by Crippen LogP contribution is -2.53. The van der Waals surface area contributed by atoms with Gasteiger partial charge in [-0.15, -0.1) is 0 Å². The molecule has 6 nitrogen and oxygen atoms in total. The number of carbonyl (C=O) groups is 1. The molecular formula is C51H97NO5. The molecule has 0 rings (SSSR count).